The molecule has 0 aliphatic carbocycles. The van der Waals surface area contributed by atoms with E-state index in [1.165, 1.54) is 6.92 Å². The van der Waals surface area contributed by atoms with Gasteiger partial charge in [0.05, 0.1) is 0 Å². The molecule has 0 aliphatic heterocycles. The summed E-state index contributed by atoms with van der Waals surface area (Å²) < 4.78 is 48.3. The minimum absolute atomic E-state index is 0.281. The Bertz CT molecular complexity index is 292. The van der Waals surface area contributed by atoms with E-state index in [0.29, 0.717) is 0 Å². The molecule has 0 radical (unpaired) electrons. The Balaban J connectivity index is 3.23. The van der Waals surface area contributed by atoms with Crippen LogP contribution in [0.1, 0.15) is 11.1 Å². The summed E-state index contributed by atoms with van der Waals surface area (Å²) in [5, 5.41) is 0. The van der Waals surface area contributed by atoms with Crippen LogP contribution in [-0.2, 0) is 6.18 Å². The molecule has 1 aromatic rings. The molecular formula is C7H5F4N. The lowest BCUT2D eigenvalue weighted by atomic mass is 10.2. The molecule has 1 nitrogen and oxygen atoms in total. The van der Waals surface area contributed by atoms with Gasteiger partial charge in [-0.3, -0.25) is 0 Å². The van der Waals surface area contributed by atoms with Gasteiger partial charge in [-0.15, -0.1) is 0 Å². The monoisotopic (exact) mass is 179 g/mol. The van der Waals surface area contributed by atoms with E-state index >= 15 is 0 Å². The van der Waals surface area contributed by atoms with E-state index in [1.807, 2.05) is 0 Å². The van der Waals surface area contributed by atoms with Crippen LogP contribution >= 0.6 is 0 Å². The minimum Gasteiger partial charge on any atom is -0.228 e. The average Bonchev–Trinajstić information content (AvgIpc) is 1.92. The van der Waals surface area contributed by atoms with Gasteiger partial charge in [-0.25, -0.2) is 4.98 Å². The summed E-state index contributed by atoms with van der Waals surface area (Å²) in [4.78, 5) is 2.96. The van der Waals surface area contributed by atoms with Crippen molar-refractivity contribution in [3.63, 3.8) is 0 Å². The van der Waals surface area contributed by atoms with Crippen LogP contribution in [0, 0.1) is 12.9 Å². The fourth-order valence-electron chi connectivity index (χ4n) is 0.751. The van der Waals surface area contributed by atoms with Gasteiger partial charge < -0.3 is 0 Å². The summed E-state index contributed by atoms with van der Waals surface area (Å²) in [5.41, 5.74) is -1.04. The normalized spacial score (nSPS) is 11.8. The zero-order valence-corrected chi connectivity index (χ0v) is 6.11. The van der Waals surface area contributed by atoms with Gasteiger partial charge in [-0.1, -0.05) is 0 Å². The second-order valence-corrected chi connectivity index (χ2v) is 2.35. The van der Waals surface area contributed by atoms with Gasteiger partial charge in [0.1, 0.15) is 5.56 Å². The third kappa shape index (κ3) is 1.72. The number of aromatic nitrogens is 1. The molecule has 0 N–H and O–H groups in total. The molecule has 0 saturated heterocycles. The summed E-state index contributed by atoms with van der Waals surface area (Å²) in [5.74, 6) is -1.48. The lowest BCUT2D eigenvalue weighted by Crippen LogP contribution is -2.09. The number of halogens is 4. The van der Waals surface area contributed by atoms with E-state index in [4.69, 9.17) is 0 Å². The van der Waals surface area contributed by atoms with Crippen molar-refractivity contribution in [1.82, 2.24) is 4.98 Å². The molecule has 0 bridgehead atoms. The Kier molecular flexibility index (Phi) is 2.04. The summed E-state index contributed by atoms with van der Waals surface area (Å²) in [6, 6.07) is 0.725. The Morgan fingerprint density at radius 2 is 1.92 bits per heavy atom. The highest BCUT2D eigenvalue weighted by molar-refractivity contribution is 5.20. The molecule has 1 heterocycles. The molecule has 1 rings (SSSR count). The molecule has 1 aromatic heterocycles. The summed E-state index contributed by atoms with van der Waals surface area (Å²) >= 11 is 0. The van der Waals surface area contributed by atoms with Gasteiger partial charge in [0.25, 0.3) is 0 Å². The lowest BCUT2D eigenvalue weighted by Gasteiger charge is -2.06. The Morgan fingerprint density at radius 1 is 1.33 bits per heavy atom. The fourth-order valence-corrected chi connectivity index (χ4v) is 0.751. The van der Waals surface area contributed by atoms with Gasteiger partial charge >= 0.3 is 6.18 Å². The molecule has 0 aliphatic rings. The first-order valence-corrected chi connectivity index (χ1v) is 3.10. The Morgan fingerprint density at radius 3 is 2.33 bits per heavy atom. The van der Waals surface area contributed by atoms with Gasteiger partial charge in [-0.2, -0.15) is 17.6 Å². The van der Waals surface area contributed by atoms with Gasteiger partial charge in [0, 0.05) is 6.20 Å². The SMILES string of the molecule is Cc1cnc(F)c(C(F)(F)F)c1. The first-order chi connectivity index (χ1) is 5.41. The summed E-state index contributed by atoms with van der Waals surface area (Å²) in [7, 11) is 0. The highest BCUT2D eigenvalue weighted by atomic mass is 19.4. The molecule has 0 atom stereocenters. The van der Waals surface area contributed by atoms with Crippen molar-refractivity contribution < 1.29 is 17.6 Å². The first kappa shape index (κ1) is 8.96. The van der Waals surface area contributed by atoms with Crippen molar-refractivity contribution in [2.45, 2.75) is 13.1 Å². The van der Waals surface area contributed by atoms with Gasteiger partial charge in [-0.05, 0) is 18.6 Å². The number of hydrogen-bond acceptors (Lipinski definition) is 1. The number of pyridine rings is 1. The minimum atomic E-state index is -4.66. The molecule has 0 amide bonds. The van der Waals surface area contributed by atoms with E-state index in [9.17, 15) is 17.6 Å². The molecule has 12 heavy (non-hydrogen) atoms. The van der Waals surface area contributed by atoms with Crippen molar-refractivity contribution in [1.29, 1.82) is 0 Å². The number of alkyl halides is 3. The van der Waals surface area contributed by atoms with Crippen molar-refractivity contribution in [3.8, 4) is 0 Å². The van der Waals surface area contributed by atoms with E-state index in [-0.39, 0.29) is 5.56 Å². The van der Waals surface area contributed by atoms with E-state index in [1.54, 1.807) is 0 Å². The first-order valence-electron chi connectivity index (χ1n) is 3.10. The Hall–Kier alpha value is -1.13. The van der Waals surface area contributed by atoms with E-state index < -0.39 is 17.7 Å². The molecule has 0 unspecified atom stereocenters. The molecule has 0 saturated carbocycles. The molecule has 0 aromatic carbocycles. The Labute approximate surface area is 66.0 Å². The highest BCUT2D eigenvalue weighted by Gasteiger charge is 2.34. The molecule has 0 fully saturated rings. The maximum absolute atomic E-state index is 12.4. The quantitative estimate of drug-likeness (QED) is 0.440. The zero-order valence-electron chi connectivity index (χ0n) is 6.11. The van der Waals surface area contributed by atoms with Crippen LogP contribution in [0.2, 0.25) is 0 Å². The predicted molar refractivity (Wildman–Crippen MR) is 33.9 cm³/mol. The summed E-state index contributed by atoms with van der Waals surface area (Å²) in [6.45, 7) is 1.42. The lowest BCUT2D eigenvalue weighted by molar-refractivity contribution is -0.140. The highest BCUT2D eigenvalue weighted by Crippen LogP contribution is 2.30. The number of hydrogen-bond donors (Lipinski definition) is 0. The van der Waals surface area contributed by atoms with Crippen LogP contribution in [0.5, 0.6) is 0 Å². The third-order valence-corrected chi connectivity index (χ3v) is 1.28. The van der Waals surface area contributed by atoms with Gasteiger partial charge in [0.15, 0.2) is 0 Å². The topological polar surface area (TPSA) is 12.9 Å². The second kappa shape index (κ2) is 2.73. The van der Waals surface area contributed by atoms with Crippen molar-refractivity contribution in [2.24, 2.45) is 0 Å². The predicted octanol–water partition coefficient (Wildman–Crippen LogP) is 2.55. The molecule has 0 spiro atoms. The number of rotatable bonds is 0. The largest absolute Gasteiger partial charge is 0.420 e. The average molecular weight is 179 g/mol. The molecule has 66 valence electrons. The van der Waals surface area contributed by atoms with Crippen LogP contribution in [0.4, 0.5) is 17.6 Å². The van der Waals surface area contributed by atoms with Crippen LogP contribution in [-0.4, -0.2) is 4.98 Å². The van der Waals surface area contributed by atoms with Crippen LogP contribution in [0.3, 0.4) is 0 Å². The van der Waals surface area contributed by atoms with Crippen molar-refractivity contribution in [3.05, 3.63) is 29.3 Å². The molecule has 5 heteroatoms. The fraction of sp³-hybridized carbons (Fsp3) is 0.286. The number of aryl methyl sites for hydroxylation is 1. The zero-order chi connectivity index (χ0) is 9.35. The van der Waals surface area contributed by atoms with E-state index in [0.717, 1.165) is 12.3 Å². The number of nitrogens with zero attached hydrogens (tertiary/aromatic N) is 1. The third-order valence-electron chi connectivity index (χ3n) is 1.28. The summed E-state index contributed by atoms with van der Waals surface area (Å²) in [6.07, 6.45) is -3.62. The maximum atomic E-state index is 12.4. The molecular weight excluding hydrogens is 174 g/mol. The van der Waals surface area contributed by atoms with Crippen molar-refractivity contribution >= 4 is 0 Å². The maximum Gasteiger partial charge on any atom is 0.420 e. The van der Waals surface area contributed by atoms with Crippen molar-refractivity contribution in [2.75, 3.05) is 0 Å². The van der Waals surface area contributed by atoms with Crippen LogP contribution < -0.4 is 0 Å². The van der Waals surface area contributed by atoms with E-state index in [2.05, 4.69) is 4.98 Å². The smallest absolute Gasteiger partial charge is 0.228 e. The van der Waals surface area contributed by atoms with Gasteiger partial charge in [0.2, 0.25) is 5.95 Å². The second-order valence-electron chi connectivity index (χ2n) is 2.35. The standard InChI is InChI=1S/C7H5F4N/c1-4-2-5(7(9,10)11)6(8)12-3-4/h2-3H,1H3. The van der Waals surface area contributed by atoms with Crippen LogP contribution in [0.15, 0.2) is 12.3 Å². The van der Waals surface area contributed by atoms with Crippen LogP contribution in [0.25, 0.3) is 0 Å².